The summed E-state index contributed by atoms with van der Waals surface area (Å²) in [6, 6.07) is 4.97. The van der Waals surface area contributed by atoms with Crippen molar-refractivity contribution in [3.8, 4) is 11.3 Å². The maximum absolute atomic E-state index is 13.2. The second-order valence-electron chi connectivity index (χ2n) is 3.82. The van der Waals surface area contributed by atoms with E-state index in [1.807, 2.05) is 11.6 Å². The molecule has 0 radical (unpaired) electrons. The Hall–Kier alpha value is -1.68. The normalized spacial score (nSPS) is 10.8. The Labute approximate surface area is 93.7 Å². The van der Waals surface area contributed by atoms with Gasteiger partial charge in [0.15, 0.2) is 0 Å². The molecule has 0 fully saturated rings. The van der Waals surface area contributed by atoms with Gasteiger partial charge in [0.2, 0.25) is 0 Å². The minimum Gasteiger partial charge on any atom is -0.336 e. The molecule has 4 heteroatoms. The maximum Gasteiger partial charge on any atom is 0.126 e. The molecule has 0 unspecified atom stereocenters. The first-order valence-electron chi connectivity index (χ1n) is 5.10. The lowest BCUT2D eigenvalue weighted by Gasteiger charge is -2.04. The predicted octanol–water partition coefficient (Wildman–Crippen LogP) is 1.99. The quantitative estimate of drug-likeness (QED) is 0.839. The third-order valence-electron chi connectivity index (χ3n) is 2.68. The van der Waals surface area contributed by atoms with Crippen LogP contribution in [0.25, 0.3) is 11.3 Å². The minimum atomic E-state index is -0.200. The molecular formula is C12H14FN3. The van der Waals surface area contributed by atoms with Crippen molar-refractivity contribution in [3.63, 3.8) is 0 Å². The number of rotatable bonds is 2. The predicted molar refractivity (Wildman–Crippen MR) is 61.2 cm³/mol. The molecule has 1 heterocycles. The van der Waals surface area contributed by atoms with Crippen molar-refractivity contribution >= 4 is 0 Å². The average Bonchev–Trinajstić information content (AvgIpc) is 2.63. The van der Waals surface area contributed by atoms with E-state index in [0.29, 0.717) is 12.1 Å². The second-order valence-corrected chi connectivity index (χ2v) is 3.82. The number of nitrogens with zero attached hydrogens (tertiary/aromatic N) is 2. The highest BCUT2D eigenvalue weighted by atomic mass is 19.1. The van der Waals surface area contributed by atoms with E-state index in [1.54, 1.807) is 25.4 Å². The van der Waals surface area contributed by atoms with Crippen molar-refractivity contribution in [2.75, 3.05) is 0 Å². The number of hydrogen-bond donors (Lipinski definition) is 1. The molecule has 1 aromatic heterocycles. The van der Waals surface area contributed by atoms with Gasteiger partial charge in [0, 0.05) is 19.2 Å². The van der Waals surface area contributed by atoms with Gasteiger partial charge in [0.1, 0.15) is 5.82 Å². The lowest BCUT2D eigenvalue weighted by Crippen LogP contribution is -2.04. The number of imidazole rings is 1. The van der Waals surface area contributed by atoms with Gasteiger partial charge in [-0.1, -0.05) is 0 Å². The summed E-state index contributed by atoms with van der Waals surface area (Å²) in [6.07, 6.45) is 1.72. The molecule has 2 aromatic rings. The maximum atomic E-state index is 13.2. The lowest BCUT2D eigenvalue weighted by atomic mass is 10.1. The topological polar surface area (TPSA) is 43.8 Å². The van der Waals surface area contributed by atoms with Crippen LogP contribution in [0.15, 0.2) is 24.5 Å². The highest BCUT2D eigenvalue weighted by Crippen LogP contribution is 2.23. The summed E-state index contributed by atoms with van der Waals surface area (Å²) in [5.74, 6) is -0.200. The molecule has 0 saturated carbocycles. The van der Waals surface area contributed by atoms with E-state index in [1.165, 1.54) is 6.07 Å². The minimum absolute atomic E-state index is 0.200. The molecule has 0 amide bonds. The van der Waals surface area contributed by atoms with Gasteiger partial charge >= 0.3 is 0 Å². The number of benzene rings is 1. The number of halogens is 1. The zero-order chi connectivity index (χ0) is 11.7. The molecule has 16 heavy (non-hydrogen) atoms. The molecule has 0 saturated heterocycles. The summed E-state index contributed by atoms with van der Waals surface area (Å²) >= 11 is 0. The van der Waals surface area contributed by atoms with Gasteiger partial charge in [0.05, 0.1) is 17.7 Å². The van der Waals surface area contributed by atoms with Crippen LogP contribution in [-0.4, -0.2) is 9.55 Å². The zero-order valence-corrected chi connectivity index (χ0v) is 9.37. The fourth-order valence-corrected chi connectivity index (χ4v) is 1.73. The molecule has 0 aliphatic heterocycles. The highest BCUT2D eigenvalue weighted by molar-refractivity contribution is 5.62. The average molecular weight is 219 g/mol. The van der Waals surface area contributed by atoms with Crippen LogP contribution < -0.4 is 5.73 Å². The van der Waals surface area contributed by atoms with Gasteiger partial charge in [-0.2, -0.15) is 0 Å². The summed E-state index contributed by atoms with van der Waals surface area (Å²) in [7, 11) is 1.90. The smallest absolute Gasteiger partial charge is 0.126 e. The summed E-state index contributed by atoms with van der Waals surface area (Å²) in [6.45, 7) is 2.16. The van der Waals surface area contributed by atoms with Crippen molar-refractivity contribution in [3.05, 3.63) is 41.6 Å². The molecule has 0 atom stereocenters. The third-order valence-corrected chi connectivity index (χ3v) is 2.68. The summed E-state index contributed by atoms with van der Waals surface area (Å²) in [5, 5.41) is 0. The Morgan fingerprint density at radius 3 is 2.81 bits per heavy atom. The molecule has 1 aromatic carbocycles. The van der Waals surface area contributed by atoms with Crippen molar-refractivity contribution in [1.29, 1.82) is 0 Å². The fraction of sp³-hybridized carbons (Fsp3) is 0.250. The Kier molecular flexibility index (Phi) is 2.75. The summed E-state index contributed by atoms with van der Waals surface area (Å²) < 4.78 is 15.0. The van der Waals surface area contributed by atoms with Gasteiger partial charge in [-0.15, -0.1) is 0 Å². The number of nitrogens with two attached hydrogens (primary N) is 1. The van der Waals surface area contributed by atoms with E-state index in [4.69, 9.17) is 5.73 Å². The van der Waals surface area contributed by atoms with Gasteiger partial charge in [-0.25, -0.2) is 9.37 Å². The van der Waals surface area contributed by atoms with Crippen LogP contribution in [0.5, 0.6) is 0 Å². The van der Waals surface area contributed by atoms with Crippen LogP contribution in [0.2, 0.25) is 0 Å². The Morgan fingerprint density at radius 1 is 1.44 bits per heavy atom. The second kappa shape index (κ2) is 4.06. The molecular weight excluding hydrogens is 205 g/mol. The van der Waals surface area contributed by atoms with Gasteiger partial charge < -0.3 is 10.3 Å². The molecule has 0 spiro atoms. The molecule has 0 aliphatic carbocycles. The monoisotopic (exact) mass is 219 g/mol. The summed E-state index contributed by atoms with van der Waals surface area (Å²) in [5.41, 5.74) is 8.96. The van der Waals surface area contributed by atoms with Gasteiger partial charge in [-0.05, 0) is 30.7 Å². The van der Waals surface area contributed by atoms with E-state index in [0.717, 1.165) is 17.0 Å². The van der Waals surface area contributed by atoms with Crippen molar-refractivity contribution in [1.82, 2.24) is 9.55 Å². The summed E-state index contributed by atoms with van der Waals surface area (Å²) in [4.78, 5) is 4.29. The van der Waals surface area contributed by atoms with Crippen LogP contribution in [0.1, 0.15) is 11.3 Å². The van der Waals surface area contributed by atoms with Crippen LogP contribution >= 0.6 is 0 Å². The zero-order valence-electron chi connectivity index (χ0n) is 9.37. The first kappa shape index (κ1) is 10.8. The van der Waals surface area contributed by atoms with E-state index in [-0.39, 0.29) is 5.82 Å². The van der Waals surface area contributed by atoms with Crippen molar-refractivity contribution in [2.24, 2.45) is 12.8 Å². The van der Waals surface area contributed by atoms with Crippen LogP contribution in [0, 0.1) is 12.7 Å². The van der Waals surface area contributed by atoms with Crippen LogP contribution in [0.3, 0.4) is 0 Å². The largest absolute Gasteiger partial charge is 0.336 e. The first-order valence-corrected chi connectivity index (χ1v) is 5.10. The Balaban J connectivity index is 2.54. The number of aromatic nitrogens is 2. The first-order chi connectivity index (χ1) is 7.63. The Bertz CT molecular complexity index is 517. The van der Waals surface area contributed by atoms with Gasteiger partial charge in [0.25, 0.3) is 0 Å². The standard InChI is InChI=1S/C12H14FN3/c1-8-5-9(3-4-10(8)13)12-11(6-14)16(2)7-15-12/h3-5,7H,6,14H2,1-2H3. The highest BCUT2D eigenvalue weighted by Gasteiger charge is 2.10. The number of aryl methyl sites for hydroxylation is 2. The molecule has 2 rings (SSSR count). The van der Waals surface area contributed by atoms with Crippen molar-refractivity contribution < 1.29 is 4.39 Å². The number of hydrogen-bond acceptors (Lipinski definition) is 2. The van der Waals surface area contributed by atoms with E-state index < -0.39 is 0 Å². The van der Waals surface area contributed by atoms with E-state index in [2.05, 4.69) is 4.98 Å². The third kappa shape index (κ3) is 1.72. The van der Waals surface area contributed by atoms with Gasteiger partial charge in [-0.3, -0.25) is 0 Å². The SMILES string of the molecule is Cc1cc(-c2ncn(C)c2CN)ccc1F. The molecule has 0 bridgehead atoms. The van der Waals surface area contributed by atoms with Crippen LogP contribution in [-0.2, 0) is 13.6 Å². The van der Waals surface area contributed by atoms with E-state index in [9.17, 15) is 4.39 Å². The Morgan fingerprint density at radius 2 is 2.19 bits per heavy atom. The lowest BCUT2D eigenvalue weighted by molar-refractivity contribution is 0.618. The van der Waals surface area contributed by atoms with Crippen molar-refractivity contribution in [2.45, 2.75) is 13.5 Å². The molecule has 84 valence electrons. The molecule has 0 aliphatic rings. The van der Waals surface area contributed by atoms with Crippen LogP contribution in [0.4, 0.5) is 4.39 Å². The fourth-order valence-electron chi connectivity index (χ4n) is 1.73. The van der Waals surface area contributed by atoms with E-state index >= 15 is 0 Å². The molecule has 3 nitrogen and oxygen atoms in total. The molecule has 2 N–H and O–H groups in total.